The molecule has 0 saturated carbocycles. The second-order valence-corrected chi connectivity index (χ2v) is 15.4. The predicted molar refractivity (Wildman–Crippen MR) is 185 cm³/mol. The topological polar surface area (TPSA) is 94.1 Å². The Bertz CT molecular complexity index is 701. The third-order valence-corrected chi connectivity index (χ3v) is 9.12. The number of likely N-dealkylation sites (N-methyl/N-ethyl adjacent to an activating group) is 1. The summed E-state index contributed by atoms with van der Waals surface area (Å²) in [7, 11) is 1.37. The van der Waals surface area contributed by atoms with Gasteiger partial charge in [0.15, 0.2) is 0 Å². The molecule has 8 nitrogen and oxygen atoms in total. The molecule has 0 aliphatic carbocycles. The van der Waals surface area contributed by atoms with Gasteiger partial charge in [-0.2, -0.15) is 0 Å². The number of phosphoric acid groups is 1. The molecule has 9 heteroatoms. The summed E-state index contributed by atoms with van der Waals surface area (Å²) in [6, 6.07) is 0. The number of unbranched alkanes of at least 4 members (excludes halogenated alkanes) is 21. The largest absolute Gasteiger partial charge is 0.756 e. The van der Waals surface area contributed by atoms with Crippen LogP contribution >= 0.6 is 7.82 Å². The Balaban J connectivity index is 4.12. The Hall–Kier alpha value is -0.500. The van der Waals surface area contributed by atoms with Gasteiger partial charge in [-0.25, -0.2) is 0 Å². The number of hydrogen-bond acceptors (Lipinski definition) is 7. The van der Waals surface area contributed by atoms with Gasteiger partial charge in [-0.15, -0.1) is 0 Å². The van der Waals surface area contributed by atoms with Gasteiger partial charge in [0.05, 0.1) is 34.4 Å². The minimum absolute atomic E-state index is 0.0303. The van der Waals surface area contributed by atoms with E-state index in [0.29, 0.717) is 24.1 Å². The second kappa shape index (κ2) is 30.8. The van der Waals surface area contributed by atoms with Gasteiger partial charge >= 0.3 is 5.97 Å². The van der Waals surface area contributed by atoms with Crippen LogP contribution < -0.4 is 4.89 Å². The Labute approximate surface area is 278 Å². The van der Waals surface area contributed by atoms with E-state index < -0.39 is 13.9 Å². The first-order valence-corrected chi connectivity index (χ1v) is 20.2. The van der Waals surface area contributed by atoms with E-state index in [4.69, 9.17) is 18.5 Å². The zero-order valence-corrected chi connectivity index (χ0v) is 31.2. The van der Waals surface area contributed by atoms with Gasteiger partial charge < -0.3 is 27.9 Å². The first-order chi connectivity index (χ1) is 21.6. The fourth-order valence-electron chi connectivity index (χ4n) is 5.19. The van der Waals surface area contributed by atoms with Gasteiger partial charge in [0.25, 0.3) is 7.82 Å². The summed E-state index contributed by atoms with van der Waals surface area (Å²) < 4.78 is 34.2. The van der Waals surface area contributed by atoms with Crippen molar-refractivity contribution in [2.24, 2.45) is 0 Å². The van der Waals surface area contributed by atoms with Crippen molar-refractivity contribution in [2.45, 2.75) is 174 Å². The summed E-state index contributed by atoms with van der Waals surface area (Å²) in [6.07, 6.45) is 28.4. The van der Waals surface area contributed by atoms with Crippen molar-refractivity contribution < 1.29 is 37.3 Å². The number of nitrogens with zero attached hydrogens (tertiary/aromatic N) is 1. The third kappa shape index (κ3) is 34.6. The zero-order valence-electron chi connectivity index (χ0n) is 30.3. The minimum atomic E-state index is -4.50. The van der Waals surface area contributed by atoms with E-state index in [-0.39, 0.29) is 25.8 Å². The maximum absolute atomic E-state index is 12.5. The number of ether oxygens (including phenoxy) is 2. The van der Waals surface area contributed by atoms with Crippen molar-refractivity contribution in [1.29, 1.82) is 0 Å². The molecule has 0 spiro atoms. The van der Waals surface area contributed by atoms with Crippen LogP contribution in [0.2, 0.25) is 0 Å². The lowest BCUT2D eigenvalue weighted by Gasteiger charge is -2.28. The van der Waals surface area contributed by atoms with Gasteiger partial charge in [-0.05, 0) is 12.8 Å². The van der Waals surface area contributed by atoms with Crippen LogP contribution in [0.5, 0.6) is 0 Å². The van der Waals surface area contributed by atoms with Crippen molar-refractivity contribution in [3.63, 3.8) is 0 Å². The van der Waals surface area contributed by atoms with E-state index in [9.17, 15) is 14.3 Å². The van der Waals surface area contributed by atoms with Gasteiger partial charge in [-0.3, -0.25) is 9.36 Å². The molecule has 0 aromatic heterocycles. The smallest absolute Gasteiger partial charge is 0.306 e. The number of carbonyl (C=O) groups excluding carboxylic acids is 1. The molecular formula is C36H74NO7P. The summed E-state index contributed by atoms with van der Waals surface area (Å²) in [5.74, 6) is -0.334. The van der Waals surface area contributed by atoms with Crippen molar-refractivity contribution in [3.05, 3.63) is 0 Å². The fourth-order valence-corrected chi connectivity index (χ4v) is 5.92. The van der Waals surface area contributed by atoms with E-state index in [1.807, 2.05) is 21.1 Å². The highest BCUT2D eigenvalue weighted by atomic mass is 31.2. The predicted octanol–water partition coefficient (Wildman–Crippen LogP) is 9.52. The second-order valence-electron chi connectivity index (χ2n) is 14.0. The van der Waals surface area contributed by atoms with Gasteiger partial charge in [0, 0.05) is 13.0 Å². The van der Waals surface area contributed by atoms with Crippen molar-refractivity contribution >= 4 is 13.8 Å². The van der Waals surface area contributed by atoms with Crippen LogP contribution in [0.15, 0.2) is 0 Å². The van der Waals surface area contributed by atoms with Crippen LogP contribution in [0.3, 0.4) is 0 Å². The van der Waals surface area contributed by atoms with Gasteiger partial charge in [0.1, 0.15) is 19.3 Å². The third-order valence-electron chi connectivity index (χ3n) is 8.16. The molecule has 0 heterocycles. The van der Waals surface area contributed by atoms with E-state index in [2.05, 4.69) is 13.8 Å². The molecule has 0 amide bonds. The van der Waals surface area contributed by atoms with Gasteiger partial charge in [0.2, 0.25) is 0 Å². The Morgan fingerprint density at radius 3 is 1.47 bits per heavy atom. The number of carbonyl (C=O) groups is 1. The monoisotopic (exact) mass is 664 g/mol. The van der Waals surface area contributed by atoms with Crippen LogP contribution in [-0.2, 0) is 27.9 Å². The van der Waals surface area contributed by atoms with E-state index >= 15 is 0 Å². The van der Waals surface area contributed by atoms with Crippen LogP contribution in [0.25, 0.3) is 0 Å². The summed E-state index contributed by atoms with van der Waals surface area (Å²) in [5.41, 5.74) is 0. The van der Waals surface area contributed by atoms with Crippen molar-refractivity contribution in [1.82, 2.24) is 0 Å². The maximum Gasteiger partial charge on any atom is 0.306 e. The Morgan fingerprint density at radius 2 is 1.02 bits per heavy atom. The molecular weight excluding hydrogens is 589 g/mol. The highest BCUT2D eigenvalue weighted by molar-refractivity contribution is 7.45. The number of rotatable bonds is 35. The maximum atomic E-state index is 12.5. The molecule has 0 radical (unpaired) electrons. The normalized spacial score (nSPS) is 14.0. The number of phosphoric ester groups is 1. The van der Waals surface area contributed by atoms with Crippen LogP contribution in [-0.4, -0.2) is 70.7 Å². The van der Waals surface area contributed by atoms with E-state index in [1.54, 1.807) is 0 Å². The van der Waals surface area contributed by atoms with Crippen LogP contribution in [0, 0.1) is 0 Å². The first-order valence-electron chi connectivity index (χ1n) is 18.8. The Morgan fingerprint density at radius 1 is 0.600 bits per heavy atom. The molecule has 0 aromatic carbocycles. The Kier molecular flexibility index (Phi) is 30.5. The lowest BCUT2D eigenvalue weighted by Crippen LogP contribution is -2.37. The van der Waals surface area contributed by atoms with Crippen LogP contribution in [0.1, 0.15) is 168 Å². The molecule has 0 bridgehead atoms. The van der Waals surface area contributed by atoms with Crippen LogP contribution in [0.4, 0.5) is 0 Å². The van der Waals surface area contributed by atoms with Crippen molar-refractivity contribution in [2.75, 3.05) is 54.1 Å². The summed E-state index contributed by atoms with van der Waals surface area (Å²) in [4.78, 5) is 24.8. The zero-order chi connectivity index (χ0) is 33.5. The molecule has 0 saturated heterocycles. The molecule has 2 unspecified atom stereocenters. The quantitative estimate of drug-likeness (QED) is 0.0288. The lowest BCUT2D eigenvalue weighted by atomic mass is 10.0. The summed E-state index contributed by atoms with van der Waals surface area (Å²) >= 11 is 0. The van der Waals surface area contributed by atoms with E-state index in [0.717, 1.165) is 32.1 Å². The highest BCUT2D eigenvalue weighted by Gasteiger charge is 2.20. The number of quaternary nitrogens is 1. The summed E-state index contributed by atoms with van der Waals surface area (Å²) in [6.45, 7) is 5.38. The molecule has 0 aliphatic rings. The van der Waals surface area contributed by atoms with Gasteiger partial charge in [-0.1, -0.05) is 149 Å². The lowest BCUT2D eigenvalue weighted by molar-refractivity contribution is -0.870. The number of hydrogen-bond donors (Lipinski definition) is 0. The molecule has 45 heavy (non-hydrogen) atoms. The van der Waals surface area contributed by atoms with E-state index in [1.165, 1.54) is 116 Å². The molecule has 0 aromatic rings. The molecule has 2 atom stereocenters. The minimum Gasteiger partial charge on any atom is -0.756 e. The molecule has 0 fully saturated rings. The average Bonchev–Trinajstić information content (AvgIpc) is 2.98. The number of esters is 1. The average molecular weight is 664 g/mol. The first kappa shape index (κ1) is 44.5. The SMILES string of the molecule is CCCCCCCCCCCCCCCCCCCC(=O)OC(COCCCCCCCC)COP(=O)([O-])OCC[N+](C)(C)C. The molecule has 0 rings (SSSR count). The fraction of sp³-hybridized carbons (Fsp3) is 0.972. The molecule has 0 aliphatic heterocycles. The molecule has 270 valence electrons. The summed E-state index contributed by atoms with van der Waals surface area (Å²) in [5, 5.41) is 0. The standard InChI is InChI=1S/C36H74NO7P/c1-6-8-10-12-14-15-16-17-18-19-20-21-22-23-24-25-27-29-36(38)44-35(33-41-31-28-26-13-11-9-7-2)34-43-45(39,40)42-32-30-37(3,4)5/h35H,6-34H2,1-5H3. The van der Waals surface area contributed by atoms with Crippen molar-refractivity contribution in [3.8, 4) is 0 Å². The molecule has 0 N–H and O–H groups in total. The highest BCUT2D eigenvalue weighted by Crippen LogP contribution is 2.38.